The van der Waals surface area contributed by atoms with E-state index in [-0.39, 0.29) is 29.6 Å². The van der Waals surface area contributed by atoms with Gasteiger partial charge >= 0.3 is 11.9 Å². The molecule has 6 atom stereocenters. The maximum atomic E-state index is 12.3. The van der Waals surface area contributed by atoms with Gasteiger partial charge in [0.25, 0.3) is 0 Å². The fraction of sp³-hybridized carbons (Fsp3) is 0.500. The van der Waals surface area contributed by atoms with E-state index in [1.165, 1.54) is 6.08 Å². The van der Waals surface area contributed by atoms with Gasteiger partial charge in [-0.1, -0.05) is 30.4 Å². The van der Waals surface area contributed by atoms with E-state index in [1.807, 2.05) is 6.92 Å². The van der Waals surface area contributed by atoms with Gasteiger partial charge in [0, 0.05) is 29.4 Å². The van der Waals surface area contributed by atoms with Gasteiger partial charge in [-0.3, -0.25) is 0 Å². The summed E-state index contributed by atoms with van der Waals surface area (Å²) < 4.78 is 11.2. The number of aliphatic hydroxyl groups is 2. The summed E-state index contributed by atoms with van der Waals surface area (Å²) in [5.74, 6) is -2.04. The highest BCUT2D eigenvalue weighted by atomic mass is 16.6. The fourth-order valence-electron chi connectivity index (χ4n) is 4.37. The zero-order chi connectivity index (χ0) is 19.2. The molecule has 6 nitrogen and oxygen atoms in total. The van der Waals surface area contributed by atoms with E-state index in [1.54, 1.807) is 13.0 Å². The monoisotopic (exact) mass is 360 g/mol. The second-order valence-corrected chi connectivity index (χ2v) is 7.25. The van der Waals surface area contributed by atoms with Gasteiger partial charge in [0.15, 0.2) is 0 Å². The third kappa shape index (κ3) is 2.93. The van der Waals surface area contributed by atoms with Crippen molar-refractivity contribution >= 4 is 11.9 Å². The Kier molecular flexibility index (Phi) is 4.90. The van der Waals surface area contributed by atoms with Crippen molar-refractivity contribution in [2.24, 2.45) is 17.8 Å². The topological polar surface area (TPSA) is 93.1 Å². The smallest absolute Gasteiger partial charge is 0.334 e. The number of hydrogen-bond donors (Lipinski definition) is 2. The van der Waals surface area contributed by atoms with Gasteiger partial charge < -0.3 is 19.7 Å². The lowest BCUT2D eigenvalue weighted by Gasteiger charge is -2.29. The summed E-state index contributed by atoms with van der Waals surface area (Å²) in [6.07, 6.45) is 1.54. The van der Waals surface area contributed by atoms with Gasteiger partial charge in [0.1, 0.15) is 12.2 Å². The largest absolute Gasteiger partial charge is 0.458 e. The molecule has 0 spiro atoms. The average molecular weight is 360 g/mol. The Bertz CT molecular complexity index is 731. The third-order valence-electron chi connectivity index (χ3n) is 5.64. The molecule has 0 aromatic carbocycles. The first-order valence-corrected chi connectivity index (χ1v) is 8.68. The SMILES string of the molecule is C=C1C[C@@H](OC(=O)/C(C)=C/CO)[C@H]2C(=C)C(=O)O[C@@H]2C2C(C)=C[C@@H](O)C12. The molecule has 0 radical (unpaired) electrons. The summed E-state index contributed by atoms with van der Waals surface area (Å²) in [6.45, 7) is 11.1. The lowest BCUT2D eigenvalue weighted by atomic mass is 9.79. The number of aliphatic hydroxyl groups excluding tert-OH is 2. The Balaban J connectivity index is 1.96. The van der Waals surface area contributed by atoms with Crippen molar-refractivity contribution in [3.05, 3.63) is 47.6 Å². The molecule has 140 valence electrons. The van der Waals surface area contributed by atoms with Crippen LogP contribution in [0.4, 0.5) is 0 Å². The minimum atomic E-state index is -0.703. The molecule has 0 aromatic rings. The molecule has 1 saturated carbocycles. The average Bonchev–Trinajstić information content (AvgIpc) is 2.97. The van der Waals surface area contributed by atoms with Gasteiger partial charge in [-0.05, 0) is 19.9 Å². The first-order chi connectivity index (χ1) is 12.3. The van der Waals surface area contributed by atoms with Crippen LogP contribution in [0, 0.1) is 17.8 Å². The van der Waals surface area contributed by atoms with Gasteiger partial charge in [0.05, 0.1) is 18.6 Å². The van der Waals surface area contributed by atoms with Crippen LogP contribution in [0.5, 0.6) is 0 Å². The van der Waals surface area contributed by atoms with E-state index in [2.05, 4.69) is 13.2 Å². The van der Waals surface area contributed by atoms with Crippen LogP contribution in [0.1, 0.15) is 20.3 Å². The lowest BCUT2D eigenvalue weighted by Crippen LogP contribution is -2.36. The van der Waals surface area contributed by atoms with Crippen molar-refractivity contribution in [2.75, 3.05) is 6.61 Å². The number of ether oxygens (including phenoxy) is 2. The molecule has 0 bridgehead atoms. The standard InChI is InChI=1S/C20H24O6/c1-9(5-6-21)19(23)25-14-8-11(3)15-13(22)7-10(2)16(15)18-17(14)12(4)20(24)26-18/h5,7,13-18,21-22H,3-4,6,8H2,1-2H3/b9-5+/t13-,14-,15?,16?,17-,18-/m1/s1. The number of hydrogen-bond acceptors (Lipinski definition) is 6. The van der Waals surface area contributed by atoms with Gasteiger partial charge in [-0.15, -0.1) is 0 Å². The molecule has 2 aliphatic carbocycles. The predicted octanol–water partition coefficient (Wildman–Crippen LogP) is 1.45. The van der Waals surface area contributed by atoms with E-state index in [0.29, 0.717) is 6.42 Å². The van der Waals surface area contributed by atoms with Gasteiger partial charge in [0.2, 0.25) is 0 Å². The molecule has 2 unspecified atom stereocenters. The van der Waals surface area contributed by atoms with E-state index in [4.69, 9.17) is 14.6 Å². The van der Waals surface area contributed by atoms with Crippen molar-refractivity contribution < 1.29 is 29.3 Å². The van der Waals surface area contributed by atoms with Crippen molar-refractivity contribution in [1.29, 1.82) is 0 Å². The Labute approximate surface area is 152 Å². The Morgan fingerprint density at radius 1 is 1.38 bits per heavy atom. The van der Waals surface area contributed by atoms with Gasteiger partial charge in [-0.2, -0.15) is 0 Å². The minimum Gasteiger partial charge on any atom is -0.458 e. The maximum Gasteiger partial charge on any atom is 0.334 e. The van der Waals surface area contributed by atoms with Crippen molar-refractivity contribution in [3.63, 3.8) is 0 Å². The number of rotatable bonds is 3. The van der Waals surface area contributed by atoms with Crippen LogP contribution in [0.25, 0.3) is 0 Å². The second-order valence-electron chi connectivity index (χ2n) is 7.25. The van der Waals surface area contributed by atoms with Crippen LogP contribution in [-0.4, -0.2) is 47.1 Å². The molecular weight excluding hydrogens is 336 g/mol. The predicted molar refractivity (Wildman–Crippen MR) is 93.7 cm³/mol. The van der Waals surface area contributed by atoms with E-state index >= 15 is 0 Å². The van der Waals surface area contributed by atoms with Crippen LogP contribution in [0.2, 0.25) is 0 Å². The summed E-state index contributed by atoms with van der Waals surface area (Å²) in [5.41, 5.74) is 2.25. The molecule has 1 heterocycles. The van der Waals surface area contributed by atoms with E-state index in [0.717, 1.165) is 11.1 Å². The summed E-state index contributed by atoms with van der Waals surface area (Å²) in [7, 11) is 0. The zero-order valence-corrected chi connectivity index (χ0v) is 15.0. The molecule has 1 saturated heterocycles. The molecule has 26 heavy (non-hydrogen) atoms. The Hall–Kier alpha value is -2.18. The number of carbonyl (C=O) groups excluding carboxylic acids is 2. The van der Waals surface area contributed by atoms with Crippen molar-refractivity contribution in [2.45, 2.75) is 38.6 Å². The molecule has 3 rings (SSSR count). The molecule has 6 heteroatoms. The molecular formula is C20H24O6. The van der Waals surface area contributed by atoms with Gasteiger partial charge in [-0.25, -0.2) is 9.59 Å². The van der Waals surface area contributed by atoms with Crippen LogP contribution < -0.4 is 0 Å². The quantitative estimate of drug-likeness (QED) is 0.450. The van der Waals surface area contributed by atoms with Crippen LogP contribution in [-0.2, 0) is 19.1 Å². The second kappa shape index (κ2) is 6.85. The summed E-state index contributed by atoms with van der Waals surface area (Å²) >= 11 is 0. The number of carbonyl (C=O) groups is 2. The minimum absolute atomic E-state index is 0.205. The summed E-state index contributed by atoms with van der Waals surface area (Å²) in [5, 5.41) is 19.4. The van der Waals surface area contributed by atoms with E-state index in [9.17, 15) is 14.7 Å². The first-order valence-electron chi connectivity index (χ1n) is 8.68. The lowest BCUT2D eigenvalue weighted by molar-refractivity contribution is -0.148. The first kappa shape index (κ1) is 18.6. The molecule has 2 fully saturated rings. The van der Waals surface area contributed by atoms with Crippen LogP contribution in [0.3, 0.4) is 0 Å². The highest BCUT2D eigenvalue weighted by molar-refractivity contribution is 5.92. The fourth-order valence-corrected chi connectivity index (χ4v) is 4.37. The zero-order valence-electron chi connectivity index (χ0n) is 15.0. The number of esters is 2. The normalized spacial score (nSPS) is 36.8. The van der Waals surface area contributed by atoms with Crippen molar-refractivity contribution in [3.8, 4) is 0 Å². The summed E-state index contributed by atoms with van der Waals surface area (Å²) in [4.78, 5) is 24.5. The number of fused-ring (bicyclic) bond motifs is 3. The highest BCUT2D eigenvalue weighted by Gasteiger charge is 2.56. The van der Waals surface area contributed by atoms with E-state index < -0.39 is 36.2 Å². The van der Waals surface area contributed by atoms with Crippen molar-refractivity contribution in [1.82, 2.24) is 0 Å². The third-order valence-corrected chi connectivity index (χ3v) is 5.64. The molecule has 3 aliphatic rings. The molecule has 2 N–H and O–H groups in total. The van der Waals surface area contributed by atoms with Crippen LogP contribution >= 0.6 is 0 Å². The highest BCUT2D eigenvalue weighted by Crippen LogP contribution is 2.51. The Morgan fingerprint density at radius 2 is 2.08 bits per heavy atom. The Morgan fingerprint density at radius 3 is 2.73 bits per heavy atom. The molecule has 0 amide bonds. The molecule has 0 aromatic heterocycles. The maximum absolute atomic E-state index is 12.3. The van der Waals surface area contributed by atoms with Crippen LogP contribution in [0.15, 0.2) is 47.6 Å². The summed E-state index contributed by atoms with van der Waals surface area (Å²) in [6, 6.07) is 0. The molecule has 1 aliphatic heterocycles.